The van der Waals surface area contributed by atoms with Gasteiger partial charge in [-0.2, -0.15) is 0 Å². The second-order valence-corrected chi connectivity index (χ2v) is 7.98. The van der Waals surface area contributed by atoms with Gasteiger partial charge in [0.2, 0.25) is 5.91 Å². The first-order chi connectivity index (χ1) is 14.0. The van der Waals surface area contributed by atoms with E-state index in [1.165, 1.54) is 0 Å². The summed E-state index contributed by atoms with van der Waals surface area (Å²) in [6.07, 6.45) is 2.29. The first-order valence-corrected chi connectivity index (χ1v) is 9.91. The van der Waals surface area contributed by atoms with Gasteiger partial charge in [-0.05, 0) is 37.0 Å². The molecule has 6 heteroatoms. The minimum Gasteiger partial charge on any atom is -0.396 e. The van der Waals surface area contributed by atoms with E-state index < -0.39 is 17.2 Å². The maximum Gasteiger partial charge on any atom is 0.262 e. The molecule has 2 aliphatic rings. The summed E-state index contributed by atoms with van der Waals surface area (Å²) in [4.78, 5) is 40.8. The summed E-state index contributed by atoms with van der Waals surface area (Å²) >= 11 is 0. The van der Waals surface area contributed by atoms with Gasteiger partial charge in [0, 0.05) is 18.5 Å². The lowest BCUT2D eigenvalue weighted by molar-refractivity contribution is -0.135. The highest BCUT2D eigenvalue weighted by Gasteiger charge is 2.40. The number of carbonyl (C=O) groups is 3. The second-order valence-electron chi connectivity index (χ2n) is 7.98. The first-order valence-electron chi connectivity index (χ1n) is 9.91. The van der Waals surface area contributed by atoms with Crippen LogP contribution in [-0.4, -0.2) is 58.9 Å². The quantitative estimate of drug-likeness (QED) is 0.791. The molecular weight excluding hydrogens is 368 g/mol. The van der Waals surface area contributed by atoms with Crippen LogP contribution in [0, 0.1) is 5.41 Å². The second kappa shape index (κ2) is 7.79. The average molecular weight is 392 g/mol. The summed E-state index contributed by atoms with van der Waals surface area (Å²) in [6.45, 7) is 0.705. The van der Waals surface area contributed by atoms with Crippen molar-refractivity contribution in [1.29, 1.82) is 0 Å². The van der Waals surface area contributed by atoms with Gasteiger partial charge in [0.15, 0.2) is 0 Å². The predicted octanol–water partition coefficient (Wildman–Crippen LogP) is 2.13. The third-order valence-electron chi connectivity index (χ3n) is 5.94. The summed E-state index contributed by atoms with van der Waals surface area (Å²) in [5, 5.41) is 10.1. The number of benzene rings is 2. The molecule has 3 amide bonds. The van der Waals surface area contributed by atoms with Gasteiger partial charge >= 0.3 is 0 Å². The number of rotatable bonds is 5. The zero-order valence-electron chi connectivity index (χ0n) is 16.2. The van der Waals surface area contributed by atoms with Crippen molar-refractivity contribution in [2.75, 3.05) is 26.2 Å². The van der Waals surface area contributed by atoms with Crippen LogP contribution in [0.15, 0.2) is 54.6 Å². The minimum atomic E-state index is -0.423. The van der Waals surface area contributed by atoms with Gasteiger partial charge in [0.25, 0.3) is 11.8 Å². The van der Waals surface area contributed by atoms with Crippen molar-refractivity contribution >= 4 is 17.7 Å². The Labute approximate surface area is 169 Å². The van der Waals surface area contributed by atoms with Crippen LogP contribution >= 0.6 is 0 Å². The number of hydrogen-bond acceptors (Lipinski definition) is 4. The molecule has 1 fully saturated rings. The van der Waals surface area contributed by atoms with Gasteiger partial charge in [-0.1, -0.05) is 42.5 Å². The van der Waals surface area contributed by atoms with Gasteiger partial charge < -0.3 is 10.0 Å². The van der Waals surface area contributed by atoms with Crippen molar-refractivity contribution in [3.05, 3.63) is 71.3 Å². The molecule has 0 spiro atoms. The lowest BCUT2D eigenvalue weighted by atomic mass is 9.75. The van der Waals surface area contributed by atoms with Gasteiger partial charge in [-0.25, -0.2) is 0 Å². The summed E-state index contributed by atoms with van der Waals surface area (Å²) < 4.78 is 0. The van der Waals surface area contributed by atoms with E-state index in [0.29, 0.717) is 30.6 Å². The Balaban J connectivity index is 1.46. The van der Waals surface area contributed by atoms with Crippen molar-refractivity contribution in [3.63, 3.8) is 0 Å². The zero-order valence-corrected chi connectivity index (χ0v) is 16.2. The fourth-order valence-corrected chi connectivity index (χ4v) is 4.40. The van der Waals surface area contributed by atoms with Crippen LogP contribution in [0.25, 0.3) is 0 Å². The van der Waals surface area contributed by atoms with E-state index in [1.54, 1.807) is 29.2 Å². The molecule has 0 bridgehead atoms. The molecule has 2 aliphatic heterocycles. The molecule has 2 aromatic carbocycles. The van der Waals surface area contributed by atoms with Crippen molar-refractivity contribution in [2.24, 2.45) is 5.41 Å². The molecule has 29 heavy (non-hydrogen) atoms. The predicted molar refractivity (Wildman–Crippen MR) is 107 cm³/mol. The number of amides is 3. The summed E-state index contributed by atoms with van der Waals surface area (Å²) in [6, 6.07) is 16.6. The third-order valence-corrected chi connectivity index (χ3v) is 5.94. The van der Waals surface area contributed by atoms with Crippen LogP contribution in [-0.2, 0) is 11.2 Å². The van der Waals surface area contributed by atoms with Crippen molar-refractivity contribution in [2.45, 2.75) is 19.3 Å². The molecular formula is C23H24N2O4. The van der Waals surface area contributed by atoms with Gasteiger partial charge in [0.1, 0.15) is 6.54 Å². The monoisotopic (exact) mass is 392 g/mol. The Morgan fingerprint density at radius 3 is 2.21 bits per heavy atom. The number of imide groups is 1. The maximum absolute atomic E-state index is 13.0. The largest absolute Gasteiger partial charge is 0.396 e. The summed E-state index contributed by atoms with van der Waals surface area (Å²) in [7, 11) is 0. The Hall–Kier alpha value is -2.99. The Morgan fingerprint density at radius 1 is 0.966 bits per heavy atom. The highest BCUT2D eigenvalue weighted by molar-refractivity contribution is 6.22. The molecule has 0 saturated carbocycles. The van der Waals surface area contributed by atoms with E-state index in [-0.39, 0.29) is 19.1 Å². The van der Waals surface area contributed by atoms with E-state index in [0.717, 1.165) is 23.3 Å². The first kappa shape index (κ1) is 19.3. The fourth-order valence-electron chi connectivity index (χ4n) is 4.40. The Morgan fingerprint density at radius 2 is 1.59 bits per heavy atom. The number of aliphatic hydroxyl groups is 1. The molecule has 0 aliphatic carbocycles. The van der Waals surface area contributed by atoms with Crippen molar-refractivity contribution in [1.82, 2.24) is 9.80 Å². The lowest BCUT2D eigenvalue weighted by Gasteiger charge is -2.42. The fraction of sp³-hybridized carbons (Fsp3) is 0.348. The summed E-state index contributed by atoms with van der Waals surface area (Å²) in [5.74, 6) is -1.10. The molecule has 0 aromatic heterocycles. The molecule has 1 saturated heterocycles. The Bertz CT molecular complexity index is 908. The van der Waals surface area contributed by atoms with E-state index in [2.05, 4.69) is 0 Å². The smallest absolute Gasteiger partial charge is 0.262 e. The average Bonchev–Trinajstić information content (AvgIpc) is 2.99. The molecule has 6 nitrogen and oxygen atoms in total. The minimum absolute atomic E-state index is 0.0152. The van der Waals surface area contributed by atoms with Gasteiger partial charge in [0.05, 0.1) is 17.7 Å². The SMILES string of the molecule is O=C(CN1C(=O)c2ccccc2C1=O)N1CCC[C@@](CO)(Cc2ccccc2)C1. The normalized spacial score (nSPS) is 21.4. The van der Waals surface area contributed by atoms with E-state index in [9.17, 15) is 19.5 Å². The van der Waals surface area contributed by atoms with E-state index in [4.69, 9.17) is 0 Å². The lowest BCUT2D eigenvalue weighted by Crippen LogP contribution is -2.52. The number of aliphatic hydroxyl groups excluding tert-OH is 1. The number of carbonyl (C=O) groups excluding carboxylic acids is 3. The molecule has 0 radical (unpaired) electrons. The highest BCUT2D eigenvalue weighted by Crippen LogP contribution is 2.33. The molecule has 1 N–H and O–H groups in total. The van der Waals surface area contributed by atoms with Gasteiger partial charge in [-0.15, -0.1) is 0 Å². The van der Waals surface area contributed by atoms with Crippen LogP contribution in [0.2, 0.25) is 0 Å². The molecule has 2 heterocycles. The van der Waals surface area contributed by atoms with Crippen molar-refractivity contribution < 1.29 is 19.5 Å². The highest BCUT2D eigenvalue weighted by atomic mass is 16.3. The zero-order chi connectivity index (χ0) is 20.4. The molecule has 4 rings (SSSR count). The molecule has 2 aromatic rings. The number of likely N-dealkylation sites (tertiary alicyclic amines) is 1. The topological polar surface area (TPSA) is 77.9 Å². The van der Waals surface area contributed by atoms with Crippen molar-refractivity contribution in [3.8, 4) is 0 Å². The molecule has 150 valence electrons. The van der Waals surface area contributed by atoms with Gasteiger partial charge in [-0.3, -0.25) is 19.3 Å². The summed E-state index contributed by atoms with van der Waals surface area (Å²) in [5.41, 5.74) is 1.41. The van der Waals surface area contributed by atoms with Crippen LogP contribution in [0.4, 0.5) is 0 Å². The number of fused-ring (bicyclic) bond motifs is 1. The van der Waals surface area contributed by atoms with Crippen LogP contribution in [0.1, 0.15) is 39.1 Å². The third kappa shape index (κ3) is 3.68. The standard InChI is InChI=1S/C23H24N2O4/c26-16-23(13-17-7-2-1-3-8-17)11-6-12-24(15-23)20(27)14-25-21(28)18-9-4-5-10-19(18)22(25)29/h1-5,7-10,26H,6,11-16H2/t23-/m1/s1. The number of hydrogen-bond donors (Lipinski definition) is 1. The molecule has 1 atom stereocenters. The van der Waals surface area contributed by atoms with Crippen LogP contribution in [0.3, 0.4) is 0 Å². The van der Waals surface area contributed by atoms with E-state index in [1.807, 2.05) is 30.3 Å². The van der Waals surface area contributed by atoms with Crippen LogP contribution < -0.4 is 0 Å². The van der Waals surface area contributed by atoms with E-state index >= 15 is 0 Å². The Kier molecular flexibility index (Phi) is 5.20. The number of piperidine rings is 1. The maximum atomic E-state index is 13.0. The number of nitrogens with zero attached hydrogens (tertiary/aromatic N) is 2. The van der Waals surface area contributed by atoms with Crippen LogP contribution in [0.5, 0.6) is 0 Å². The molecule has 0 unspecified atom stereocenters.